The minimum Gasteiger partial charge on any atom is -0.490 e. The van der Waals surface area contributed by atoms with E-state index in [1.54, 1.807) is 24.4 Å². The summed E-state index contributed by atoms with van der Waals surface area (Å²) in [5.41, 5.74) is 4.39. The van der Waals surface area contributed by atoms with Crippen LogP contribution in [0.1, 0.15) is 103 Å². The third kappa shape index (κ3) is 7.27. The summed E-state index contributed by atoms with van der Waals surface area (Å²) in [7, 11) is 0. The number of hydrogen-bond acceptors (Lipinski definition) is 11. The van der Waals surface area contributed by atoms with Gasteiger partial charge in [0.2, 0.25) is 17.8 Å². The number of rotatable bonds is 11. The van der Waals surface area contributed by atoms with Crippen LogP contribution in [0.4, 0.5) is 11.6 Å². The molecule has 58 heavy (non-hydrogen) atoms. The van der Waals surface area contributed by atoms with Gasteiger partial charge < -0.3 is 24.8 Å². The van der Waals surface area contributed by atoms with Crippen molar-refractivity contribution in [1.29, 1.82) is 0 Å². The molecule has 1 aromatic heterocycles. The zero-order valence-corrected chi connectivity index (χ0v) is 32.8. The van der Waals surface area contributed by atoms with Gasteiger partial charge in [-0.2, -0.15) is 0 Å². The molecule has 4 amide bonds. The van der Waals surface area contributed by atoms with E-state index in [9.17, 15) is 24.3 Å². The van der Waals surface area contributed by atoms with Crippen LogP contribution in [0.5, 0.6) is 11.5 Å². The van der Waals surface area contributed by atoms with Gasteiger partial charge in [0.05, 0.1) is 22.9 Å². The van der Waals surface area contributed by atoms with Gasteiger partial charge in [-0.25, -0.2) is 9.97 Å². The number of piperidine rings is 1. The van der Waals surface area contributed by atoms with Gasteiger partial charge >= 0.3 is 0 Å². The molecule has 13 heteroatoms. The molecule has 13 nitrogen and oxygen atoms in total. The zero-order chi connectivity index (χ0) is 40.2. The Balaban J connectivity index is 0.769. The van der Waals surface area contributed by atoms with Crippen molar-refractivity contribution >= 4 is 35.3 Å². The van der Waals surface area contributed by atoms with Crippen LogP contribution >= 0.6 is 0 Å². The van der Waals surface area contributed by atoms with Gasteiger partial charge in [0, 0.05) is 54.7 Å². The SMILES string of the molecule is CC(C)(c1ccc(OCc2ccnc(N3CC4(CC(O)C4)C3)n2)cc1)c1ccc(OC2CCCC(Nc3ccc4c(c3)C(=O)N(C3CCC(=O)NC3=O)C4=O)C2)cc1. The number of anilines is 2. The normalized spacial score (nSPS) is 22.9. The molecule has 4 aromatic rings. The van der Waals surface area contributed by atoms with Crippen LogP contribution in [0.25, 0.3) is 0 Å². The van der Waals surface area contributed by atoms with Crippen LogP contribution in [0.15, 0.2) is 79.0 Å². The minimum atomic E-state index is -0.991. The standard InChI is InChI=1S/C45H48N6O7/c1-44(2,27-6-11-33(12-7-27)57-24-31-18-19-46-43(48-31)50-25-45(26-50)22-32(52)23-45)28-8-13-34(14-9-28)58-35-5-3-4-29(20-35)47-30-10-15-36-37(21-30)42(56)51(41(36)55)38-16-17-39(53)49-40(38)54/h6-15,18-19,21,29,32,35,38,47,52H,3-5,16-17,20,22-26H2,1-2H3,(H,49,53,54). The van der Waals surface area contributed by atoms with Crippen LogP contribution in [0.2, 0.25) is 0 Å². The van der Waals surface area contributed by atoms with Gasteiger partial charge in [-0.05, 0) is 98.2 Å². The lowest BCUT2D eigenvalue weighted by Gasteiger charge is -2.57. The summed E-state index contributed by atoms with van der Waals surface area (Å²) >= 11 is 0. The number of carbonyl (C=O) groups is 4. The highest BCUT2D eigenvalue weighted by atomic mass is 16.5. The van der Waals surface area contributed by atoms with E-state index in [4.69, 9.17) is 14.5 Å². The molecular formula is C45H48N6O7. The summed E-state index contributed by atoms with van der Waals surface area (Å²) in [6, 6.07) is 22.7. The van der Waals surface area contributed by atoms with E-state index >= 15 is 0 Å². The fraction of sp³-hybridized carbons (Fsp3) is 0.422. The Labute approximate surface area is 337 Å². The summed E-state index contributed by atoms with van der Waals surface area (Å²) in [5, 5.41) is 15.5. The maximum atomic E-state index is 13.3. The van der Waals surface area contributed by atoms with E-state index in [1.807, 2.05) is 30.3 Å². The van der Waals surface area contributed by atoms with Gasteiger partial charge in [-0.3, -0.25) is 29.4 Å². The van der Waals surface area contributed by atoms with Crippen molar-refractivity contribution in [3.63, 3.8) is 0 Å². The number of amides is 4. The van der Waals surface area contributed by atoms with E-state index < -0.39 is 29.7 Å². The largest absolute Gasteiger partial charge is 0.490 e. The number of aromatic nitrogens is 2. The second-order valence-electron chi connectivity index (χ2n) is 17.2. The molecule has 2 saturated heterocycles. The van der Waals surface area contributed by atoms with Crippen LogP contribution in [0, 0.1) is 5.41 Å². The van der Waals surface area contributed by atoms with Crippen LogP contribution in [-0.2, 0) is 21.6 Å². The Hall–Kier alpha value is -5.82. The van der Waals surface area contributed by atoms with Crippen molar-refractivity contribution in [3.8, 4) is 11.5 Å². The van der Waals surface area contributed by atoms with Crippen LogP contribution < -0.4 is 25.0 Å². The van der Waals surface area contributed by atoms with Crippen molar-refractivity contribution in [1.82, 2.24) is 20.2 Å². The Morgan fingerprint density at radius 2 is 1.59 bits per heavy atom. The molecule has 3 atom stereocenters. The van der Waals surface area contributed by atoms with Gasteiger partial charge in [0.1, 0.15) is 30.3 Å². The third-order valence-corrected chi connectivity index (χ3v) is 12.7. The highest BCUT2D eigenvalue weighted by Gasteiger charge is 2.52. The average Bonchev–Trinajstić information content (AvgIpc) is 3.43. The first-order valence-electron chi connectivity index (χ1n) is 20.3. The van der Waals surface area contributed by atoms with Crippen molar-refractivity contribution < 1.29 is 33.8 Å². The topological polar surface area (TPSA) is 163 Å². The van der Waals surface area contributed by atoms with Crippen molar-refractivity contribution in [2.24, 2.45) is 5.41 Å². The van der Waals surface area contributed by atoms with Crippen molar-refractivity contribution in [3.05, 3.63) is 107 Å². The first-order chi connectivity index (χ1) is 27.9. The second-order valence-corrected chi connectivity index (χ2v) is 17.2. The van der Waals surface area contributed by atoms with Crippen molar-refractivity contribution in [2.45, 2.75) is 102 Å². The number of imide groups is 2. The first-order valence-corrected chi connectivity index (χ1v) is 20.3. The summed E-state index contributed by atoms with van der Waals surface area (Å²) < 4.78 is 12.6. The molecule has 4 heterocycles. The molecule has 2 saturated carbocycles. The molecule has 4 fully saturated rings. The molecule has 0 radical (unpaired) electrons. The van der Waals surface area contributed by atoms with Crippen molar-refractivity contribution in [2.75, 3.05) is 23.3 Å². The maximum absolute atomic E-state index is 13.3. The molecule has 0 bridgehead atoms. The lowest BCUT2D eigenvalue weighted by Crippen LogP contribution is -2.64. The van der Waals surface area contributed by atoms with E-state index in [0.717, 1.165) is 96.5 Å². The van der Waals surface area contributed by atoms with Crippen LogP contribution in [0.3, 0.4) is 0 Å². The summed E-state index contributed by atoms with van der Waals surface area (Å²) in [4.78, 5) is 62.9. The molecule has 3 aromatic carbocycles. The third-order valence-electron chi connectivity index (χ3n) is 12.7. The highest BCUT2D eigenvalue weighted by molar-refractivity contribution is 6.23. The second kappa shape index (κ2) is 14.8. The fourth-order valence-corrected chi connectivity index (χ4v) is 9.33. The minimum absolute atomic E-state index is 0.0115. The number of aliphatic hydroxyl groups excluding tert-OH is 1. The quantitative estimate of drug-likeness (QED) is 0.164. The van der Waals surface area contributed by atoms with E-state index in [2.05, 4.69) is 58.6 Å². The Bertz CT molecular complexity index is 2250. The van der Waals surface area contributed by atoms with Gasteiger partial charge in [-0.1, -0.05) is 38.1 Å². The Morgan fingerprint density at radius 3 is 2.29 bits per heavy atom. The number of nitrogens with zero attached hydrogens (tertiary/aromatic N) is 4. The summed E-state index contributed by atoms with van der Waals surface area (Å²) in [5.74, 6) is 0.252. The Morgan fingerprint density at radius 1 is 0.879 bits per heavy atom. The molecule has 3 unspecified atom stereocenters. The number of nitrogens with one attached hydrogen (secondary N) is 2. The lowest BCUT2D eigenvalue weighted by molar-refractivity contribution is -0.136. The maximum Gasteiger partial charge on any atom is 0.262 e. The monoisotopic (exact) mass is 784 g/mol. The molecule has 300 valence electrons. The average molecular weight is 785 g/mol. The highest BCUT2D eigenvalue weighted by Crippen LogP contribution is 2.49. The predicted molar refractivity (Wildman–Crippen MR) is 215 cm³/mol. The predicted octanol–water partition coefficient (Wildman–Crippen LogP) is 5.55. The molecule has 9 rings (SSSR count). The fourth-order valence-electron chi connectivity index (χ4n) is 9.33. The van der Waals surface area contributed by atoms with Gasteiger partial charge in [0.25, 0.3) is 11.8 Å². The van der Waals surface area contributed by atoms with E-state index in [-0.39, 0.29) is 53.0 Å². The molecular weight excluding hydrogens is 737 g/mol. The zero-order valence-electron chi connectivity index (χ0n) is 32.8. The van der Waals surface area contributed by atoms with Crippen LogP contribution in [-0.4, -0.2) is 81.0 Å². The number of carbonyl (C=O) groups excluding carboxylic acids is 4. The number of ether oxygens (including phenoxy) is 2. The number of fused-ring (bicyclic) bond motifs is 1. The number of aliphatic hydroxyl groups is 1. The summed E-state index contributed by atoms with van der Waals surface area (Å²) in [6.45, 7) is 6.55. The smallest absolute Gasteiger partial charge is 0.262 e. The van der Waals surface area contributed by atoms with E-state index in [0.29, 0.717) is 6.61 Å². The molecule has 5 aliphatic rings. The molecule has 3 aliphatic heterocycles. The first kappa shape index (κ1) is 37.7. The Kier molecular flexibility index (Phi) is 9.66. The van der Waals surface area contributed by atoms with E-state index in [1.165, 1.54) is 0 Å². The lowest BCUT2D eigenvalue weighted by atomic mass is 9.62. The molecule has 1 spiro atoms. The summed E-state index contributed by atoms with van der Waals surface area (Å²) in [6.07, 6.45) is 7.20. The number of hydrogen-bond donors (Lipinski definition) is 3. The van der Waals surface area contributed by atoms with Gasteiger partial charge in [-0.15, -0.1) is 0 Å². The van der Waals surface area contributed by atoms with Gasteiger partial charge in [0.15, 0.2) is 0 Å². The molecule has 3 N–H and O–H groups in total. The molecule has 2 aliphatic carbocycles. The number of benzene rings is 3.